The number of aryl methyl sites for hydroxylation is 1. The number of benzene rings is 1. The third kappa shape index (κ3) is 11.5. The molecule has 0 fully saturated rings. The number of rotatable bonds is 15. The number of hydrogen-bond acceptors (Lipinski definition) is 4. The number of carbonyl (C=O) groups excluding carboxylic acids is 1. The molecule has 0 amide bonds. The smallest absolute Gasteiger partial charge is 0.307 e. The minimum absolute atomic E-state index is 0.0489. The third-order valence-corrected chi connectivity index (χ3v) is 7.63. The van der Waals surface area contributed by atoms with Crippen molar-refractivity contribution in [2.24, 2.45) is 0 Å². The van der Waals surface area contributed by atoms with Gasteiger partial charge in [0.15, 0.2) is 0 Å². The van der Waals surface area contributed by atoms with Crippen LogP contribution in [0.2, 0.25) is 0 Å². The first-order valence-corrected chi connectivity index (χ1v) is 14.6. The lowest BCUT2D eigenvalue weighted by Gasteiger charge is -2.28. The van der Waals surface area contributed by atoms with Crippen molar-refractivity contribution in [1.82, 2.24) is 0 Å². The van der Waals surface area contributed by atoms with Crippen LogP contribution in [0.4, 0.5) is 0 Å². The lowest BCUT2D eigenvalue weighted by atomic mass is 9.78. The van der Waals surface area contributed by atoms with Crippen LogP contribution in [0.1, 0.15) is 136 Å². The average Bonchev–Trinajstić information content (AvgIpc) is 2.74. The largest absolute Gasteiger partial charge is 0.507 e. The van der Waals surface area contributed by atoms with E-state index in [1.807, 2.05) is 0 Å². The number of phenolic OH excluding ortho intramolecular Hbond substituents is 1. The summed E-state index contributed by atoms with van der Waals surface area (Å²) in [5.41, 5.74) is 2.59. The van der Waals surface area contributed by atoms with Gasteiger partial charge < -0.3 is 9.84 Å². The Balaban J connectivity index is 2.54. The first-order valence-electron chi connectivity index (χ1n) is 13.6. The molecule has 0 aromatic heterocycles. The van der Waals surface area contributed by atoms with E-state index in [1.54, 1.807) is 11.8 Å². The lowest BCUT2D eigenvalue weighted by molar-refractivity contribution is -0.145. The summed E-state index contributed by atoms with van der Waals surface area (Å²) in [7, 11) is 0. The molecule has 0 aliphatic rings. The highest BCUT2D eigenvalue weighted by atomic mass is 32.2. The number of aromatic hydroxyl groups is 1. The average molecular weight is 493 g/mol. The van der Waals surface area contributed by atoms with Crippen LogP contribution in [0.5, 0.6) is 5.75 Å². The van der Waals surface area contributed by atoms with E-state index >= 15 is 0 Å². The summed E-state index contributed by atoms with van der Waals surface area (Å²) < 4.78 is 5.79. The van der Waals surface area contributed by atoms with Crippen LogP contribution < -0.4 is 0 Å². The second kappa shape index (κ2) is 15.1. The van der Waals surface area contributed by atoms with Crippen LogP contribution in [-0.4, -0.2) is 22.3 Å². The number of hydrogen-bond donors (Lipinski definition) is 1. The molecular weight excluding hydrogens is 440 g/mol. The summed E-state index contributed by atoms with van der Waals surface area (Å²) in [4.78, 5) is 12.6. The van der Waals surface area contributed by atoms with Gasteiger partial charge in [-0.15, -0.1) is 11.8 Å². The Labute approximate surface area is 214 Å². The Bertz CT molecular complexity index is 693. The number of carbonyl (C=O) groups is 1. The highest BCUT2D eigenvalue weighted by Gasteiger charge is 2.26. The van der Waals surface area contributed by atoms with Crippen LogP contribution in [0.3, 0.4) is 0 Å². The van der Waals surface area contributed by atoms with Gasteiger partial charge in [0, 0.05) is 6.42 Å². The van der Waals surface area contributed by atoms with Gasteiger partial charge in [-0.1, -0.05) is 112 Å². The second-order valence-electron chi connectivity index (χ2n) is 11.7. The van der Waals surface area contributed by atoms with Crippen LogP contribution in [0.25, 0.3) is 0 Å². The quantitative estimate of drug-likeness (QED) is 0.151. The van der Waals surface area contributed by atoms with Crippen molar-refractivity contribution in [1.29, 1.82) is 0 Å². The molecule has 4 heteroatoms. The van der Waals surface area contributed by atoms with Crippen molar-refractivity contribution in [3.8, 4) is 5.75 Å². The van der Waals surface area contributed by atoms with E-state index in [-0.39, 0.29) is 22.2 Å². The topological polar surface area (TPSA) is 46.5 Å². The molecule has 0 radical (unpaired) electrons. The molecule has 0 aliphatic heterocycles. The van der Waals surface area contributed by atoms with Crippen LogP contribution >= 0.6 is 11.8 Å². The molecule has 0 bridgehead atoms. The minimum atomic E-state index is -0.167. The fraction of sp³-hybridized carbons (Fsp3) is 0.767. The van der Waals surface area contributed by atoms with Crippen LogP contribution in [0.15, 0.2) is 12.1 Å². The Hall–Kier alpha value is -1.16. The summed E-state index contributed by atoms with van der Waals surface area (Å²) in [6.45, 7) is 17.0. The molecule has 0 saturated carbocycles. The summed E-state index contributed by atoms with van der Waals surface area (Å²) >= 11 is 1.78. The van der Waals surface area contributed by atoms with E-state index in [2.05, 4.69) is 67.5 Å². The first-order chi connectivity index (χ1) is 15.9. The molecule has 0 heterocycles. The molecular formula is C30H52O3S. The van der Waals surface area contributed by atoms with Crippen molar-refractivity contribution in [2.75, 3.05) is 5.75 Å². The van der Waals surface area contributed by atoms with Gasteiger partial charge >= 0.3 is 5.97 Å². The maximum Gasteiger partial charge on any atom is 0.307 e. The van der Waals surface area contributed by atoms with Gasteiger partial charge in [0.1, 0.15) is 11.2 Å². The normalized spacial score (nSPS) is 13.2. The van der Waals surface area contributed by atoms with E-state index in [9.17, 15) is 9.90 Å². The number of phenols is 1. The van der Waals surface area contributed by atoms with Crippen molar-refractivity contribution < 1.29 is 14.6 Å². The molecule has 0 aliphatic carbocycles. The van der Waals surface area contributed by atoms with Crippen molar-refractivity contribution in [3.63, 3.8) is 0 Å². The standard InChI is InChI=1S/C30H52O3S/c1-9-11-12-13-14-15-16-17-20-34-27(10-2)33-26(31)19-18-23-21-24(29(3,4)5)28(32)25(22-23)30(6,7)8/h21-22,27,32H,9-20H2,1-8H3. The molecule has 0 saturated heterocycles. The summed E-state index contributed by atoms with van der Waals surface area (Å²) in [5, 5.41) is 10.9. The molecule has 3 nitrogen and oxygen atoms in total. The lowest BCUT2D eigenvalue weighted by Crippen LogP contribution is -2.18. The number of unbranched alkanes of at least 4 members (excludes halogenated alkanes) is 7. The molecule has 1 unspecified atom stereocenters. The van der Waals surface area contributed by atoms with Gasteiger partial charge in [-0.25, -0.2) is 0 Å². The van der Waals surface area contributed by atoms with Gasteiger partial charge in [-0.2, -0.15) is 0 Å². The highest BCUT2D eigenvalue weighted by Crippen LogP contribution is 2.40. The molecule has 1 rings (SSSR count). The highest BCUT2D eigenvalue weighted by molar-refractivity contribution is 7.99. The molecule has 0 spiro atoms. The van der Waals surface area contributed by atoms with E-state index in [4.69, 9.17) is 4.74 Å². The van der Waals surface area contributed by atoms with Crippen LogP contribution in [-0.2, 0) is 26.8 Å². The number of ether oxygens (including phenoxy) is 1. The Kier molecular flexibility index (Phi) is 13.7. The maximum atomic E-state index is 12.6. The fourth-order valence-corrected chi connectivity index (χ4v) is 5.16. The first kappa shape index (κ1) is 30.9. The third-order valence-electron chi connectivity index (χ3n) is 6.30. The van der Waals surface area contributed by atoms with E-state index < -0.39 is 0 Å². The second-order valence-corrected chi connectivity index (χ2v) is 13.0. The Morgan fingerprint density at radius 2 is 1.38 bits per heavy atom. The number of esters is 1. The summed E-state index contributed by atoms with van der Waals surface area (Å²) in [6.07, 6.45) is 12.4. The van der Waals surface area contributed by atoms with Gasteiger partial charge in [-0.05, 0) is 52.5 Å². The van der Waals surface area contributed by atoms with Gasteiger partial charge in [0.2, 0.25) is 0 Å². The molecule has 34 heavy (non-hydrogen) atoms. The van der Waals surface area contributed by atoms with Crippen molar-refractivity contribution in [2.45, 2.75) is 142 Å². The molecule has 196 valence electrons. The van der Waals surface area contributed by atoms with Crippen molar-refractivity contribution in [3.05, 3.63) is 28.8 Å². The van der Waals surface area contributed by atoms with E-state index in [1.165, 1.54) is 51.4 Å². The predicted molar refractivity (Wildman–Crippen MR) is 149 cm³/mol. The zero-order valence-corrected chi connectivity index (χ0v) is 24.2. The molecule has 1 atom stereocenters. The van der Waals surface area contributed by atoms with Gasteiger partial charge in [-0.3, -0.25) is 4.79 Å². The Morgan fingerprint density at radius 1 is 0.882 bits per heavy atom. The van der Waals surface area contributed by atoms with Crippen LogP contribution in [0, 0.1) is 0 Å². The summed E-state index contributed by atoms with van der Waals surface area (Å²) in [6, 6.07) is 4.12. The zero-order valence-electron chi connectivity index (χ0n) is 23.4. The fourth-order valence-electron chi connectivity index (χ4n) is 4.12. The maximum absolute atomic E-state index is 12.6. The van der Waals surface area contributed by atoms with Gasteiger partial charge in [0.05, 0.1) is 0 Å². The Morgan fingerprint density at radius 3 is 1.85 bits per heavy atom. The molecule has 1 N–H and O–H groups in total. The van der Waals surface area contributed by atoms with Crippen molar-refractivity contribution >= 4 is 17.7 Å². The summed E-state index contributed by atoms with van der Waals surface area (Å²) in [5.74, 6) is 1.32. The van der Waals surface area contributed by atoms with Gasteiger partial charge in [0.25, 0.3) is 0 Å². The minimum Gasteiger partial charge on any atom is -0.507 e. The predicted octanol–water partition coefficient (Wildman–Crippen LogP) is 9.07. The SMILES string of the molecule is CCCCCCCCCCSC(CC)OC(=O)CCc1cc(C(C)(C)C)c(O)c(C(C)(C)C)c1. The number of thioether (sulfide) groups is 1. The zero-order chi connectivity index (χ0) is 25.8. The molecule has 1 aromatic carbocycles. The monoisotopic (exact) mass is 492 g/mol. The molecule has 1 aromatic rings. The van der Waals surface area contributed by atoms with E-state index in [0.29, 0.717) is 18.6 Å². The van der Waals surface area contributed by atoms with E-state index in [0.717, 1.165) is 28.9 Å².